The van der Waals surface area contributed by atoms with Crippen molar-refractivity contribution in [3.63, 3.8) is 0 Å². The fraction of sp³-hybridized carbons (Fsp3) is 0.238. The molecule has 0 aromatic heterocycles. The first-order valence-corrected chi connectivity index (χ1v) is 9.38. The molecule has 1 aliphatic carbocycles. The van der Waals surface area contributed by atoms with E-state index >= 15 is 0 Å². The van der Waals surface area contributed by atoms with Gasteiger partial charge in [0.05, 0.1) is 5.69 Å². The Morgan fingerprint density at radius 1 is 1.19 bits per heavy atom. The smallest absolute Gasteiger partial charge is 0.291 e. The van der Waals surface area contributed by atoms with Gasteiger partial charge in [0.15, 0.2) is 11.5 Å². The maximum absolute atomic E-state index is 12.4. The summed E-state index contributed by atoms with van der Waals surface area (Å²) in [6.07, 6.45) is 5.98. The lowest BCUT2D eigenvalue weighted by molar-refractivity contribution is -0.115. The van der Waals surface area contributed by atoms with Crippen LogP contribution >= 0.6 is 11.6 Å². The lowest BCUT2D eigenvalue weighted by Crippen LogP contribution is -2.32. The maximum atomic E-state index is 12.4. The molecule has 2 aliphatic rings. The number of halogens is 1. The van der Waals surface area contributed by atoms with E-state index in [0.29, 0.717) is 22.0 Å². The first-order valence-electron chi connectivity index (χ1n) is 9.00. The van der Waals surface area contributed by atoms with Gasteiger partial charge in [0.1, 0.15) is 0 Å². The predicted molar refractivity (Wildman–Crippen MR) is 105 cm³/mol. The van der Waals surface area contributed by atoms with Crippen LogP contribution in [0.25, 0.3) is 6.08 Å². The van der Waals surface area contributed by atoms with Crippen molar-refractivity contribution in [2.24, 2.45) is 0 Å². The molecule has 0 saturated heterocycles. The highest BCUT2D eigenvalue weighted by atomic mass is 35.5. The second kappa shape index (κ2) is 7.45. The molecule has 1 fully saturated rings. The zero-order valence-electron chi connectivity index (χ0n) is 14.6. The molecule has 138 valence electrons. The topological polar surface area (TPSA) is 67.4 Å². The molecule has 0 bridgehead atoms. The van der Waals surface area contributed by atoms with Crippen LogP contribution in [0.3, 0.4) is 0 Å². The van der Waals surface area contributed by atoms with Gasteiger partial charge in [0, 0.05) is 16.6 Å². The van der Waals surface area contributed by atoms with E-state index in [1.54, 1.807) is 42.5 Å². The van der Waals surface area contributed by atoms with Crippen LogP contribution in [0.2, 0.25) is 5.02 Å². The second-order valence-electron chi connectivity index (χ2n) is 6.79. The third kappa shape index (κ3) is 3.98. The fourth-order valence-corrected chi connectivity index (χ4v) is 3.59. The van der Waals surface area contributed by atoms with Crippen molar-refractivity contribution in [2.45, 2.75) is 31.7 Å². The number of hydrogen-bond acceptors (Lipinski definition) is 3. The predicted octanol–water partition coefficient (Wildman–Crippen LogP) is 4.38. The van der Waals surface area contributed by atoms with Crippen molar-refractivity contribution in [3.05, 3.63) is 64.4 Å². The van der Waals surface area contributed by atoms with Crippen LogP contribution in [0.15, 0.2) is 48.2 Å². The monoisotopic (exact) mass is 382 g/mol. The number of nitrogens with one attached hydrogen (secondary N) is 2. The Labute approximate surface area is 162 Å². The molecule has 2 aromatic rings. The SMILES string of the molecule is O=C1Nc2cc(C(=O)NC3CCCC3)ccc2O/C1=C\c1cccc(Cl)c1. The van der Waals surface area contributed by atoms with Gasteiger partial charge in [-0.1, -0.05) is 36.6 Å². The van der Waals surface area contributed by atoms with Crippen molar-refractivity contribution in [1.82, 2.24) is 5.32 Å². The summed E-state index contributed by atoms with van der Waals surface area (Å²) in [4.78, 5) is 24.8. The van der Waals surface area contributed by atoms with Crippen LogP contribution in [-0.4, -0.2) is 17.9 Å². The lowest BCUT2D eigenvalue weighted by atomic mass is 10.1. The Bertz CT molecular complexity index is 933. The van der Waals surface area contributed by atoms with Gasteiger partial charge >= 0.3 is 0 Å². The highest BCUT2D eigenvalue weighted by molar-refractivity contribution is 6.30. The van der Waals surface area contributed by atoms with Crippen molar-refractivity contribution >= 4 is 35.2 Å². The largest absolute Gasteiger partial charge is 0.449 e. The van der Waals surface area contributed by atoms with Crippen LogP contribution in [-0.2, 0) is 4.79 Å². The molecule has 1 heterocycles. The molecule has 2 aromatic carbocycles. The summed E-state index contributed by atoms with van der Waals surface area (Å²) in [5.41, 5.74) is 1.76. The molecule has 1 saturated carbocycles. The average Bonchev–Trinajstić information content (AvgIpc) is 3.15. The number of anilines is 1. The maximum Gasteiger partial charge on any atom is 0.291 e. The van der Waals surface area contributed by atoms with Crippen LogP contribution < -0.4 is 15.4 Å². The number of carbonyl (C=O) groups is 2. The van der Waals surface area contributed by atoms with E-state index in [-0.39, 0.29) is 23.6 Å². The zero-order valence-corrected chi connectivity index (χ0v) is 15.4. The number of ether oxygens (including phenoxy) is 1. The number of benzene rings is 2. The standard InChI is InChI=1S/C21H19ClN2O3/c22-15-5-3-4-13(10-15)11-19-21(26)24-17-12-14(8-9-18(17)27-19)20(25)23-16-6-1-2-7-16/h3-5,8-12,16H,1-2,6-7H2,(H,23,25)(H,24,26)/b19-11-. The Morgan fingerprint density at radius 3 is 2.78 bits per heavy atom. The lowest BCUT2D eigenvalue weighted by Gasteiger charge is -2.21. The summed E-state index contributed by atoms with van der Waals surface area (Å²) in [6, 6.07) is 12.4. The summed E-state index contributed by atoms with van der Waals surface area (Å²) in [5.74, 6) is 0.184. The minimum absolute atomic E-state index is 0.126. The molecule has 5 nitrogen and oxygen atoms in total. The van der Waals surface area contributed by atoms with E-state index in [9.17, 15) is 9.59 Å². The first kappa shape index (κ1) is 17.6. The van der Waals surface area contributed by atoms with Gasteiger partial charge in [-0.15, -0.1) is 0 Å². The highest BCUT2D eigenvalue weighted by Crippen LogP contribution is 2.32. The second-order valence-corrected chi connectivity index (χ2v) is 7.22. The number of hydrogen-bond donors (Lipinski definition) is 2. The molecular weight excluding hydrogens is 364 g/mol. The molecule has 0 spiro atoms. The van der Waals surface area contributed by atoms with Crippen molar-refractivity contribution in [1.29, 1.82) is 0 Å². The summed E-state index contributed by atoms with van der Waals surface area (Å²) < 4.78 is 5.73. The summed E-state index contributed by atoms with van der Waals surface area (Å²) >= 11 is 5.98. The van der Waals surface area contributed by atoms with Gasteiger partial charge in [-0.3, -0.25) is 9.59 Å². The van der Waals surface area contributed by atoms with Gasteiger partial charge in [-0.2, -0.15) is 0 Å². The van der Waals surface area contributed by atoms with Crippen LogP contribution in [0.5, 0.6) is 5.75 Å². The minimum Gasteiger partial charge on any atom is -0.449 e. The van der Waals surface area contributed by atoms with E-state index in [1.165, 1.54) is 0 Å². The van der Waals surface area contributed by atoms with Crippen LogP contribution in [0.1, 0.15) is 41.6 Å². The molecule has 1 aliphatic heterocycles. The van der Waals surface area contributed by atoms with Gasteiger partial charge in [0.25, 0.3) is 11.8 Å². The average molecular weight is 383 g/mol. The van der Waals surface area contributed by atoms with Crippen molar-refractivity contribution in [3.8, 4) is 5.75 Å². The quantitative estimate of drug-likeness (QED) is 0.774. The Kier molecular flexibility index (Phi) is 4.86. The third-order valence-electron chi connectivity index (χ3n) is 4.77. The molecule has 4 rings (SSSR count). The van der Waals surface area contributed by atoms with E-state index < -0.39 is 0 Å². The minimum atomic E-state index is -0.365. The fourth-order valence-electron chi connectivity index (χ4n) is 3.39. The Hall–Kier alpha value is -2.79. The van der Waals surface area contributed by atoms with Gasteiger partial charge < -0.3 is 15.4 Å². The van der Waals surface area contributed by atoms with Gasteiger partial charge in [0.2, 0.25) is 0 Å². The number of rotatable bonds is 3. The van der Waals surface area contributed by atoms with E-state index in [1.807, 2.05) is 6.07 Å². The van der Waals surface area contributed by atoms with Gasteiger partial charge in [-0.05, 0) is 54.8 Å². The molecule has 0 atom stereocenters. The van der Waals surface area contributed by atoms with E-state index in [4.69, 9.17) is 16.3 Å². The molecule has 27 heavy (non-hydrogen) atoms. The van der Waals surface area contributed by atoms with Crippen molar-refractivity contribution in [2.75, 3.05) is 5.32 Å². The first-order chi connectivity index (χ1) is 13.1. The van der Waals surface area contributed by atoms with E-state index in [0.717, 1.165) is 31.2 Å². The van der Waals surface area contributed by atoms with Gasteiger partial charge in [-0.25, -0.2) is 0 Å². The molecule has 2 amide bonds. The molecule has 0 radical (unpaired) electrons. The summed E-state index contributed by atoms with van der Waals surface area (Å²) in [6.45, 7) is 0. The number of fused-ring (bicyclic) bond motifs is 1. The molecule has 2 N–H and O–H groups in total. The third-order valence-corrected chi connectivity index (χ3v) is 5.01. The van der Waals surface area contributed by atoms with Crippen LogP contribution in [0, 0.1) is 0 Å². The van der Waals surface area contributed by atoms with Crippen molar-refractivity contribution < 1.29 is 14.3 Å². The molecule has 6 heteroatoms. The van der Waals surface area contributed by atoms with E-state index in [2.05, 4.69) is 10.6 Å². The highest BCUT2D eigenvalue weighted by Gasteiger charge is 2.24. The summed E-state index contributed by atoms with van der Waals surface area (Å²) in [7, 11) is 0. The Morgan fingerprint density at radius 2 is 2.00 bits per heavy atom. The summed E-state index contributed by atoms with van der Waals surface area (Å²) in [5, 5.41) is 6.41. The normalized spacial score (nSPS) is 18.0. The number of carbonyl (C=O) groups excluding carboxylic acids is 2. The number of amides is 2. The van der Waals surface area contributed by atoms with Crippen LogP contribution in [0.4, 0.5) is 5.69 Å². The molecule has 0 unspecified atom stereocenters. The Balaban J connectivity index is 1.53. The molecular formula is C21H19ClN2O3. The zero-order chi connectivity index (χ0) is 18.8.